The Bertz CT molecular complexity index is 885. The lowest BCUT2D eigenvalue weighted by atomic mass is 10.2. The first-order valence-corrected chi connectivity index (χ1v) is 8.71. The Morgan fingerprint density at radius 3 is 2.64 bits per heavy atom. The zero-order chi connectivity index (χ0) is 20.5. The Kier molecular flexibility index (Phi) is 7.83. The SMILES string of the molecule is CCOc1ccc(/C=C/C(=O)OCC(=O)Nc2ccc(F)c(Cl)c2)cc1OC. The van der Waals surface area contributed by atoms with Crippen molar-refractivity contribution in [1.82, 2.24) is 0 Å². The van der Waals surface area contributed by atoms with Gasteiger partial charge in [0.05, 0.1) is 18.7 Å². The second-order valence-electron chi connectivity index (χ2n) is 5.46. The van der Waals surface area contributed by atoms with Gasteiger partial charge in [-0.05, 0) is 48.9 Å². The average Bonchev–Trinajstić information content (AvgIpc) is 2.68. The van der Waals surface area contributed by atoms with Gasteiger partial charge in [0.2, 0.25) is 0 Å². The van der Waals surface area contributed by atoms with Crippen molar-refractivity contribution < 1.29 is 28.2 Å². The molecule has 1 amide bonds. The molecular weight excluding hydrogens is 389 g/mol. The summed E-state index contributed by atoms with van der Waals surface area (Å²) in [6.45, 7) is 1.87. The highest BCUT2D eigenvalue weighted by molar-refractivity contribution is 6.31. The molecule has 1 N–H and O–H groups in total. The molecule has 0 aromatic heterocycles. The topological polar surface area (TPSA) is 73.9 Å². The number of hydrogen-bond donors (Lipinski definition) is 1. The molecule has 148 valence electrons. The number of methoxy groups -OCH3 is 1. The predicted molar refractivity (Wildman–Crippen MR) is 104 cm³/mol. The lowest BCUT2D eigenvalue weighted by Gasteiger charge is -2.09. The Balaban J connectivity index is 1.87. The lowest BCUT2D eigenvalue weighted by Crippen LogP contribution is -2.20. The second-order valence-corrected chi connectivity index (χ2v) is 5.87. The van der Waals surface area contributed by atoms with Gasteiger partial charge >= 0.3 is 5.97 Å². The van der Waals surface area contributed by atoms with Crippen molar-refractivity contribution in [3.05, 3.63) is 58.9 Å². The molecule has 0 bridgehead atoms. The number of benzene rings is 2. The van der Waals surface area contributed by atoms with Crippen LogP contribution >= 0.6 is 11.6 Å². The number of rotatable bonds is 8. The fourth-order valence-electron chi connectivity index (χ4n) is 2.18. The van der Waals surface area contributed by atoms with Crippen molar-refractivity contribution in [1.29, 1.82) is 0 Å². The molecule has 0 spiro atoms. The van der Waals surface area contributed by atoms with Gasteiger partial charge < -0.3 is 19.5 Å². The molecule has 8 heteroatoms. The molecule has 0 unspecified atom stereocenters. The van der Waals surface area contributed by atoms with Crippen molar-refractivity contribution in [2.24, 2.45) is 0 Å². The molecule has 0 aliphatic carbocycles. The molecule has 28 heavy (non-hydrogen) atoms. The summed E-state index contributed by atoms with van der Waals surface area (Å²) in [7, 11) is 1.52. The molecule has 2 aromatic rings. The van der Waals surface area contributed by atoms with Crippen LogP contribution in [0.3, 0.4) is 0 Å². The normalized spacial score (nSPS) is 10.6. The number of amides is 1. The Labute approximate surface area is 166 Å². The number of hydrogen-bond acceptors (Lipinski definition) is 5. The maximum absolute atomic E-state index is 13.1. The Morgan fingerprint density at radius 1 is 1.18 bits per heavy atom. The predicted octanol–water partition coefficient (Wildman–Crippen LogP) is 4.08. The Morgan fingerprint density at radius 2 is 1.96 bits per heavy atom. The highest BCUT2D eigenvalue weighted by atomic mass is 35.5. The summed E-state index contributed by atoms with van der Waals surface area (Å²) < 4.78 is 28.6. The van der Waals surface area contributed by atoms with Crippen LogP contribution in [0.25, 0.3) is 6.08 Å². The van der Waals surface area contributed by atoms with E-state index in [1.807, 2.05) is 6.92 Å². The van der Waals surface area contributed by atoms with E-state index in [0.717, 1.165) is 6.07 Å². The van der Waals surface area contributed by atoms with E-state index in [1.54, 1.807) is 18.2 Å². The van der Waals surface area contributed by atoms with Gasteiger partial charge in [0, 0.05) is 11.8 Å². The number of esters is 1. The van der Waals surface area contributed by atoms with Crippen LogP contribution in [0.4, 0.5) is 10.1 Å². The smallest absolute Gasteiger partial charge is 0.331 e. The summed E-state index contributed by atoms with van der Waals surface area (Å²) in [6, 6.07) is 8.92. The van der Waals surface area contributed by atoms with Crippen LogP contribution < -0.4 is 14.8 Å². The van der Waals surface area contributed by atoms with Gasteiger partial charge in [0.25, 0.3) is 5.91 Å². The minimum absolute atomic E-state index is 0.122. The van der Waals surface area contributed by atoms with Gasteiger partial charge in [0.1, 0.15) is 5.82 Å². The number of carbonyl (C=O) groups is 2. The number of anilines is 1. The van der Waals surface area contributed by atoms with E-state index in [-0.39, 0.29) is 5.02 Å². The van der Waals surface area contributed by atoms with Crippen LogP contribution in [0.15, 0.2) is 42.5 Å². The van der Waals surface area contributed by atoms with E-state index in [4.69, 9.17) is 25.8 Å². The van der Waals surface area contributed by atoms with Crippen LogP contribution in [0.5, 0.6) is 11.5 Å². The molecule has 0 radical (unpaired) electrons. The van der Waals surface area contributed by atoms with E-state index in [2.05, 4.69) is 5.32 Å². The van der Waals surface area contributed by atoms with Crippen molar-refractivity contribution in [2.75, 3.05) is 25.6 Å². The van der Waals surface area contributed by atoms with E-state index in [9.17, 15) is 14.0 Å². The highest BCUT2D eigenvalue weighted by Gasteiger charge is 2.08. The summed E-state index contributed by atoms with van der Waals surface area (Å²) in [5.74, 6) is -0.730. The first-order valence-electron chi connectivity index (χ1n) is 8.33. The van der Waals surface area contributed by atoms with E-state index in [1.165, 1.54) is 31.4 Å². The van der Waals surface area contributed by atoms with Crippen LogP contribution in [0.1, 0.15) is 12.5 Å². The number of carbonyl (C=O) groups excluding carboxylic acids is 2. The largest absolute Gasteiger partial charge is 0.493 e. The maximum Gasteiger partial charge on any atom is 0.331 e. The van der Waals surface area contributed by atoms with Crippen LogP contribution in [-0.2, 0) is 14.3 Å². The molecule has 0 fully saturated rings. The fraction of sp³-hybridized carbons (Fsp3) is 0.200. The minimum atomic E-state index is -0.694. The van der Waals surface area contributed by atoms with E-state index >= 15 is 0 Å². The van der Waals surface area contributed by atoms with Gasteiger partial charge in [-0.25, -0.2) is 9.18 Å². The summed E-state index contributed by atoms with van der Waals surface area (Å²) in [5.41, 5.74) is 0.993. The monoisotopic (exact) mass is 407 g/mol. The summed E-state index contributed by atoms with van der Waals surface area (Å²) in [4.78, 5) is 23.6. The highest BCUT2D eigenvalue weighted by Crippen LogP contribution is 2.28. The van der Waals surface area contributed by atoms with Gasteiger partial charge in [-0.1, -0.05) is 17.7 Å². The standard InChI is InChI=1S/C20H19ClFNO5/c1-3-27-17-8-4-13(10-18(17)26-2)5-9-20(25)28-12-19(24)23-14-6-7-16(22)15(21)11-14/h4-11H,3,12H2,1-2H3,(H,23,24)/b9-5+. The third-order valence-corrected chi connectivity index (χ3v) is 3.74. The molecule has 2 aromatic carbocycles. The molecule has 0 aliphatic rings. The molecular formula is C20H19ClFNO5. The van der Waals surface area contributed by atoms with Crippen LogP contribution in [0.2, 0.25) is 5.02 Å². The number of ether oxygens (including phenoxy) is 3. The van der Waals surface area contributed by atoms with Gasteiger partial charge in [-0.3, -0.25) is 4.79 Å². The first-order chi connectivity index (χ1) is 13.4. The summed E-state index contributed by atoms with van der Waals surface area (Å²) >= 11 is 5.64. The van der Waals surface area contributed by atoms with E-state index in [0.29, 0.717) is 29.4 Å². The third-order valence-electron chi connectivity index (χ3n) is 3.45. The average molecular weight is 408 g/mol. The molecule has 0 aliphatic heterocycles. The van der Waals surface area contributed by atoms with Crippen LogP contribution in [-0.4, -0.2) is 32.2 Å². The first kappa shape index (κ1) is 21.2. The van der Waals surface area contributed by atoms with Crippen molar-refractivity contribution >= 4 is 35.2 Å². The zero-order valence-corrected chi connectivity index (χ0v) is 16.1. The Hall–Kier alpha value is -3.06. The molecule has 0 saturated heterocycles. The van der Waals surface area contributed by atoms with Gasteiger partial charge in [-0.15, -0.1) is 0 Å². The molecule has 6 nitrogen and oxygen atoms in total. The second kappa shape index (κ2) is 10.3. The minimum Gasteiger partial charge on any atom is -0.493 e. The molecule has 0 heterocycles. The van der Waals surface area contributed by atoms with Crippen molar-refractivity contribution in [3.8, 4) is 11.5 Å². The van der Waals surface area contributed by atoms with E-state index < -0.39 is 24.3 Å². The van der Waals surface area contributed by atoms with Gasteiger partial charge in [-0.2, -0.15) is 0 Å². The maximum atomic E-state index is 13.1. The summed E-state index contributed by atoms with van der Waals surface area (Å²) in [5, 5.41) is 2.33. The third kappa shape index (κ3) is 6.28. The fourth-order valence-corrected chi connectivity index (χ4v) is 2.36. The number of halogens is 2. The number of nitrogens with one attached hydrogen (secondary N) is 1. The lowest BCUT2D eigenvalue weighted by molar-refractivity contribution is -0.142. The quantitative estimate of drug-likeness (QED) is 0.527. The van der Waals surface area contributed by atoms with Gasteiger partial charge in [0.15, 0.2) is 18.1 Å². The van der Waals surface area contributed by atoms with Crippen LogP contribution in [0, 0.1) is 5.82 Å². The molecule has 2 rings (SSSR count). The molecule has 0 atom stereocenters. The molecule has 0 saturated carbocycles. The van der Waals surface area contributed by atoms with Crippen molar-refractivity contribution in [2.45, 2.75) is 6.92 Å². The van der Waals surface area contributed by atoms with Crippen molar-refractivity contribution in [3.63, 3.8) is 0 Å². The zero-order valence-electron chi connectivity index (χ0n) is 15.3. The summed E-state index contributed by atoms with van der Waals surface area (Å²) in [6.07, 6.45) is 2.72.